The van der Waals surface area contributed by atoms with Crippen molar-refractivity contribution in [1.29, 1.82) is 0 Å². The van der Waals surface area contributed by atoms with Crippen LogP contribution in [0.5, 0.6) is 5.75 Å². The number of hydrogen-bond donors (Lipinski definition) is 0. The summed E-state index contributed by atoms with van der Waals surface area (Å²) >= 11 is 24.6. The van der Waals surface area contributed by atoms with E-state index >= 15 is 0 Å². The van der Waals surface area contributed by atoms with E-state index in [4.69, 9.17) is 51.1 Å². The van der Waals surface area contributed by atoms with Crippen LogP contribution in [0, 0.1) is 5.92 Å². The van der Waals surface area contributed by atoms with E-state index < -0.39 is 0 Å². The molecule has 2 aromatic carbocycles. The van der Waals surface area contributed by atoms with Crippen molar-refractivity contribution < 1.29 is 4.74 Å². The fraction of sp³-hybridized carbons (Fsp3) is 0.429. The summed E-state index contributed by atoms with van der Waals surface area (Å²) in [6.07, 6.45) is 3.55. The smallest absolute Gasteiger partial charge is 0.120 e. The van der Waals surface area contributed by atoms with Gasteiger partial charge in [-0.2, -0.15) is 0 Å². The molecule has 2 aliphatic rings. The Kier molecular flexibility index (Phi) is 5.83. The molecule has 2 fully saturated rings. The van der Waals surface area contributed by atoms with Gasteiger partial charge in [-0.3, -0.25) is 0 Å². The molecule has 2 aromatic rings. The maximum absolute atomic E-state index is 6.30. The predicted molar refractivity (Wildman–Crippen MR) is 114 cm³/mol. The van der Waals surface area contributed by atoms with E-state index in [9.17, 15) is 0 Å². The summed E-state index contributed by atoms with van der Waals surface area (Å²) in [5, 5.41) is 2.26. The number of hydrogen-bond acceptors (Lipinski definition) is 2. The van der Waals surface area contributed by atoms with Crippen molar-refractivity contribution in [2.45, 2.75) is 37.3 Å². The van der Waals surface area contributed by atoms with Crippen molar-refractivity contribution in [2.24, 2.45) is 5.92 Å². The van der Waals surface area contributed by atoms with Gasteiger partial charge in [0.15, 0.2) is 0 Å². The van der Waals surface area contributed by atoms with Gasteiger partial charge in [-0.1, -0.05) is 52.5 Å². The average Bonchev–Trinajstić information content (AvgIpc) is 2.88. The van der Waals surface area contributed by atoms with Crippen molar-refractivity contribution in [1.82, 2.24) is 4.90 Å². The van der Waals surface area contributed by atoms with Gasteiger partial charge in [-0.15, -0.1) is 0 Å². The molecule has 2 nitrogen and oxygen atoms in total. The van der Waals surface area contributed by atoms with Gasteiger partial charge in [-0.25, -0.2) is 0 Å². The molecule has 0 aromatic heterocycles. The van der Waals surface area contributed by atoms with Gasteiger partial charge >= 0.3 is 0 Å². The Morgan fingerprint density at radius 3 is 2.33 bits per heavy atom. The number of piperidine rings is 1. The molecule has 0 amide bonds. The highest BCUT2D eigenvalue weighted by Crippen LogP contribution is 2.47. The van der Waals surface area contributed by atoms with Crippen molar-refractivity contribution >= 4 is 46.4 Å². The van der Waals surface area contributed by atoms with E-state index in [1.54, 1.807) is 12.1 Å². The quantitative estimate of drug-likeness (QED) is 0.505. The maximum atomic E-state index is 6.30. The third-order valence-corrected chi connectivity index (χ3v) is 7.62. The van der Waals surface area contributed by atoms with Crippen LogP contribution in [0.15, 0.2) is 36.4 Å². The zero-order valence-electron chi connectivity index (χ0n) is 15.0. The van der Waals surface area contributed by atoms with Gasteiger partial charge in [-0.05, 0) is 62.1 Å². The lowest BCUT2D eigenvalue weighted by molar-refractivity contribution is 0.0666. The summed E-state index contributed by atoms with van der Waals surface area (Å²) in [4.78, 5) is 2.52. The molecule has 2 bridgehead atoms. The molecule has 2 saturated heterocycles. The van der Waals surface area contributed by atoms with Crippen LogP contribution in [-0.4, -0.2) is 30.6 Å². The van der Waals surface area contributed by atoms with Crippen LogP contribution < -0.4 is 4.74 Å². The molecule has 27 heavy (non-hydrogen) atoms. The first-order valence-corrected chi connectivity index (χ1v) is 10.7. The SMILES string of the molecule is CN1C2CCC1C(COc1ccc(Cl)c(Cl)c1)[C@@H](c1ccc(Cl)c(Cl)c1)C2. The van der Waals surface area contributed by atoms with Crippen LogP contribution in [0.1, 0.15) is 30.7 Å². The first-order valence-electron chi connectivity index (χ1n) is 9.18. The van der Waals surface area contributed by atoms with Crippen LogP contribution in [0.4, 0.5) is 0 Å². The van der Waals surface area contributed by atoms with Crippen LogP contribution in [0.25, 0.3) is 0 Å². The largest absolute Gasteiger partial charge is 0.493 e. The Bertz CT molecular complexity index is 843. The van der Waals surface area contributed by atoms with Crippen molar-refractivity contribution in [2.75, 3.05) is 13.7 Å². The second kappa shape index (κ2) is 8.00. The van der Waals surface area contributed by atoms with Crippen molar-refractivity contribution in [3.63, 3.8) is 0 Å². The molecular formula is C21H21Cl4NO. The number of benzene rings is 2. The van der Waals surface area contributed by atoms with Gasteiger partial charge in [0.1, 0.15) is 5.75 Å². The number of nitrogens with zero attached hydrogens (tertiary/aromatic N) is 1. The van der Waals surface area contributed by atoms with E-state index in [1.807, 2.05) is 18.2 Å². The second-order valence-electron chi connectivity index (χ2n) is 7.53. The first-order chi connectivity index (χ1) is 12.9. The molecule has 2 heterocycles. The summed E-state index contributed by atoms with van der Waals surface area (Å²) in [6.45, 7) is 0.630. The zero-order valence-corrected chi connectivity index (χ0v) is 18.0. The van der Waals surface area contributed by atoms with Crippen LogP contribution >= 0.6 is 46.4 Å². The summed E-state index contributed by atoms with van der Waals surface area (Å²) in [5.74, 6) is 1.52. The van der Waals surface area contributed by atoms with Gasteiger partial charge in [0.2, 0.25) is 0 Å². The topological polar surface area (TPSA) is 12.5 Å². The lowest BCUT2D eigenvalue weighted by Gasteiger charge is -2.43. The van der Waals surface area contributed by atoms with Crippen LogP contribution in [0.3, 0.4) is 0 Å². The van der Waals surface area contributed by atoms with Crippen molar-refractivity contribution in [3.05, 3.63) is 62.1 Å². The normalized spacial score (nSPS) is 27.7. The number of halogens is 4. The Morgan fingerprint density at radius 2 is 1.63 bits per heavy atom. The fourth-order valence-electron chi connectivity index (χ4n) is 4.69. The Hall–Kier alpha value is -0.640. The molecule has 0 radical (unpaired) electrons. The van der Waals surface area contributed by atoms with Crippen LogP contribution in [-0.2, 0) is 0 Å². The minimum Gasteiger partial charge on any atom is -0.493 e. The molecule has 6 heteroatoms. The van der Waals surface area contributed by atoms with Gasteiger partial charge in [0, 0.05) is 24.1 Å². The molecule has 4 atom stereocenters. The summed E-state index contributed by atoms with van der Waals surface area (Å²) in [7, 11) is 2.24. The lowest BCUT2D eigenvalue weighted by Crippen LogP contribution is -2.47. The van der Waals surface area contributed by atoms with E-state index in [0.717, 1.165) is 12.2 Å². The van der Waals surface area contributed by atoms with E-state index in [1.165, 1.54) is 18.4 Å². The standard InChI is InChI=1S/C21H21Cl4NO/c1-26-13-3-7-21(26)16(11-27-14-4-6-18(23)20(25)10-14)15(9-13)12-2-5-17(22)19(24)8-12/h2,4-6,8,10,13,15-16,21H,3,7,9,11H2,1H3/t13?,15-,16?,21?/m1/s1. The summed E-state index contributed by atoms with van der Waals surface area (Å²) in [5.41, 5.74) is 1.25. The molecule has 0 aliphatic carbocycles. The third-order valence-electron chi connectivity index (χ3n) is 6.14. The van der Waals surface area contributed by atoms with Crippen molar-refractivity contribution in [3.8, 4) is 5.75 Å². The summed E-state index contributed by atoms with van der Waals surface area (Å²) in [6, 6.07) is 12.6. The maximum Gasteiger partial charge on any atom is 0.120 e. The number of rotatable bonds is 4. The van der Waals surface area contributed by atoms with Gasteiger partial charge < -0.3 is 9.64 Å². The van der Waals surface area contributed by atoms with E-state index in [0.29, 0.717) is 50.6 Å². The average molecular weight is 445 g/mol. The third kappa shape index (κ3) is 3.93. The monoisotopic (exact) mass is 443 g/mol. The molecule has 144 valence electrons. The predicted octanol–water partition coefficient (Wildman–Crippen LogP) is 6.95. The first kappa shape index (κ1) is 19.7. The Labute approximate surface area is 180 Å². The lowest BCUT2D eigenvalue weighted by atomic mass is 9.76. The van der Waals surface area contributed by atoms with Gasteiger partial charge in [0.25, 0.3) is 0 Å². The van der Waals surface area contributed by atoms with E-state index in [-0.39, 0.29) is 0 Å². The fourth-order valence-corrected chi connectivity index (χ4v) is 5.28. The van der Waals surface area contributed by atoms with E-state index in [2.05, 4.69) is 18.0 Å². The highest BCUT2D eigenvalue weighted by atomic mass is 35.5. The molecule has 3 unspecified atom stereocenters. The summed E-state index contributed by atoms with van der Waals surface area (Å²) < 4.78 is 6.16. The molecule has 4 rings (SSSR count). The molecule has 0 N–H and O–H groups in total. The highest BCUT2D eigenvalue weighted by molar-refractivity contribution is 6.42. The molecule has 2 aliphatic heterocycles. The Morgan fingerprint density at radius 1 is 0.926 bits per heavy atom. The van der Waals surface area contributed by atoms with Gasteiger partial charge in [0.05, 0.1) is 26.7 Å². The molecular weight excluding hydrogens is 424 g/mol. The second-order valence-corrected chi connectivity index (χ2v) is 9.16. The Balaban J connectivity index is 1.59. The zero-order chi connectivity index (χ0) is 19.1. The highest BCUT2D eigenvalue weighted by Gasteiger charge is 2.46. The minimum atomic E-state index is 0.375. The molecule has 0 spiro atoms. The number of ether oxygens (including phenoxy) is 1. The molecule has 0 saturated carbocycles. The van der Waals surface area contributed by atoms with Crippen LogP contribution in [0.2, 0.25) is 20.1 Å². The number of fused-ring (bicyclic) bond motifs is 2. The minimum absolute atomic E-state index is 0.375.